The van der Waals surface area contributed by atoms with E-state index in [4.69, 9.17) is 10.5 Å². The molecule has 3 nitrogen and oxygen atoms in total. The van der Waals surface area contributed by atoms with Gasteiger partial charge in [-0.1, -0.05) is 30.3 Å². The maximum atomic E-state index is 5.70. The highest BCUT2D eigenvalue weighted by Gasteiger charge is 2.13. The number of methoxy groups -OCH3 is 1. The number of fused-ring (bicyclic) bond motifs is 1. The van der Waals surface area contributed by atoms with E-state index in [9.17, 15) is 0 Å². The molecule has 0 aliphatic rings. The molecule has 3 aromatic rings. The topological polar surface area (TPSA) is 48.1 Å². The molecule has 3 rings (SSSR count). The van der Waals surface area contributed by atoms with Crippen molar-refractivity contribution in [1.29, 1.82) is 0 Å². The molecule has 0 bridgehead atoms. The molecule has 4 heteroatoms. The van der Waals surface area contributed by atoms with Crippen molar-refractivity contribution in [3.05, 3.63) is 47.5 Å². The lowest BCUT2D eigenvalue weighted by atomic mass is 10.1. The van der Waals surface area contributed by atoms with Gasteiger partial charge in [0.15, 0.2) is 0 Å². The number of hydrogen-bond donors (Lipinski definition) is 1. The van der Waals surface area contributed by atoms with E-state index in [1.54, 1.807) is 18.4 Å². The fourth-order valence-corrected chi connectivity index (χ4v) is 3.12. The zero-order valence-electron chi connectivity index (χ0n) is 10.6. The Hall–Kier alpha value is -1.91. The maximum absolute atomic E-state index is 5.70. The summed E-state index contributed by atoms with van der Waals surface area (Å²) in [6, 6.07) is 14.3. The van der Waals surface area contributed by atoms with E-state index < -0.39 is 0 Å². The molecule has 19 heavy (non-hydrogen) atoms. The summed E-state index contributed by atoms with van der Waals surface area (Å²) in [5, 5.41) is 0.927. The van der Waals surface area contributed by atoms with Crippen LogP contribution >= 0.6 is 11.3 Å². The van der Waals surface area contributed by atoms with Crippen LogP contribution in [-0.2, 0) is 6.54 Å². The Morgan fingerprint density at radius 3 is 2.63 bits per heavy atom. The molecule has 0 fully saturated rings. The molecule has 0 aliphatic heterocycles. The third-order valence-electron chi connectivity index (χ3n) is 3.03. The van der Waals surface area contributed by atoms with E-state index in [1.165, 1.54) is 11.1 Å². The predicted molar refractivity (Wildman–Crippen MR) is 79.5 cm³/mol. The summed E-state index contributed by atoms with van der Waals surface area (Å²) in [4.78, 5) is 4.56. The van der Waals surface area contributed by atoms with Crippen LogP contribution in [0.2, 0.25) is 0 Å². The zero-order valence-corrected chi connectivity index (χ0v) is 11.4. The van der Waals surface area contributed by atoms with E-state index >= 15 is 0 Å². The lowest BCUT2D eigenvalue weighted by Crippen LogP contribution is -1.94. The van der Waals surface area contributed by atoms with Crippen LogP contribution in [0.4, 0.5) is 0 Å². The number of nitrogens with two attached hydrogens (primary N) is 1. The Kier molecular flexibility index (Phi) is 3.19. The highest BCUT2D eigenvalue weighted by molar-refractivity contribution is 7.19. The number of hydrogen-bond acceptors (Lipinski definition) is 4. The zero-order chi connectivity index (χ0) is 13.2. The fourth-order valence-electron chi connectivity index (χ4n) is 2.12. The number of ether oxygens (including phenoxy) is 1. The van der Waals surface area contributed by atoms with Crippen LogP contribution in [0.25, 0.3) is 21.3 Å². The monoisotopic (exact) mass is 270 g/mol. The second-order valence-electron chi connectivity index (χ2n) is 4.17. The minimum atomic E-state index is 0.455. The molecular weight excluding hydrogens is 256 g/mol. The SMILES string of the molecule is COc1ccc(-c2ccccc2)c2sc(CN)nc12. The van der Waals surface area contributed by atoms with Crippen molar-refractivity contribution >= 4 is 21.6 Å². The van der Waals surface area contributed by atoms with E-state index in [0.717, 1.165) is 21.0 Å². The van der Waals surface area contributed by atoms with Gasteiger partial charge in [-0.2, -0.15) is 0 Å². The van der Waals surface area contributed by atoms with E-state index in [-0.39, 0.29) is 0 Å². The molecule has 1 aromatic heterocycles. The smallest absolute Gasteiger partial charge is 0.146 e. The van der Waals surface area contributed by atoms with Gasteiger partial charge in [0, 0.05) is 12.1 Å². The third-order valence-corrected chi connectivity index (χ3v) is 4.14. The Bertz CT molecular complexity index is 707. The average molecular weight is 270 g/mol. The highest BCUT2D eigenvalue weighted by Crippen LogP contribution is 2.37. The summed E-state index contributed by atoms with van der Waals surface area (Å²) in [6.45, 7) is 0.455. The second kappa shape index (κ2) is 4.99. The molecule has 0 saturated heterocycles. The van der Waals surface area contributed by atoms with Crippen molar-refractivity contribution < 1.29 is 4.74 Å². The average Bonchev–Trinajstić information content (AvgIpc) is 2.91. The Morgan fingerprint density at radius 2 is 1.95 bits per heavy atom. The summed E-state index contributed by atoms with van der Waals surface area (Å²) in [5.41, 5.74) is 8.96. The molecule has 0 radical (unpaired) electrons. The van der Waals surface area contributed by atoms with Crippen LogP contribution in [-0.4, -0.2) is 12.1 Å². The molecule has 2 aromatic carbocycles. The van der Waals surface area contributed by atoms with Crippen molar-refractivity contribution in [3.8, 4) is 16.9 Å². The van der Waals surface area contributed by atoms with Gasteiger partial charge in [-0.05, 0) is 17.7 Å². The second-order valence-corrected chi connectivity index (χ2v) is 5.25. The molecule has 2 N–H and O–H groups in total. The molecule has 0 aliphatic carbocycles. The van der Waals surface area contributed by atoms with Crippen molar-refractivity contribution in [2.75, 3.05) is 7.11 Å². The van der Waals surface area contributed by atoms with Crippen molar-refractivity contribution in [2.24, 2.45) is 5.73 Å². The number of benzene rings is 2. The van der Waals surface area contributed by atoms with Crippen LogP contribution in [0.5, 0.6) is 5.75 Å². The van der Waals surface area contributed by atoms with Crippen LogP contribution < -0.4 is 10.5 Å². The van der Waals surface area contributed by atoms with E-state index in [2.05, 4.69) is 23.2 Å². The molecular formula is C15H14N2OS. The molecule has 0 unspecified atom stereocenters. The van der Waals surface area contributed by atoms with Crippen LogP contribution in [0, 0.1) is 0 Å². The largest absolute Gasteiger partial charge is 0.494 e. The Balaban J connectivity index is 2.29. The van der Waals surface area contributed by atoms with Crippen molar-refractivity contribution in [1.82, 2.24) is 4.98 Å². The summed E-state index contributed by atoms with van der Waals surface area (Å²) in [5.74, 6) is 0.797. The van der Waals surface area contributed by atoms with Gasteiger partial charge in [0.05, 0.1) is 11.8 Å². The van der Waals surface area contributed by atoms with Gasteiger partial charge < -0.3 is 10.5 Å². The minimum absolute atomic E-state index is 0.455. The van der Waals surface area contributed by atoms with Crippen LogP contribution in [0.3, 0.4) is 0 Å². The summed E-state index contributed by atoms with van der Waals surface area (Å²) < 4.78 is 6.51. The first-order valence-electron chi connectivity index (χ1n) is 6.05. The number of nitrogens with zero attached hydrogens (tertiary/aromatic N) is 1. The quantitative estimate of drug-likeness (QED) is 0.793. The lowest BCUT2D eigenvalue weighted by Gasteiger charge is -2.05. The van der Waals surface area contributed by atoms with Crippen LogP contribution in [0.1, 0.15) is 5.01 Å². The van der Waals surface area contributed by atoms with Crippen molar-refractivity contribution in [2.45, 2.75) is 6.54 Å². The summed E-state index contributed by atoms with van der Waals surface area (Å²) >= 11 is 1.63. The first-order chi connectivity index (χ1) is 9.33. The third kappa shape index (κ3) is 2.09. The lowest BCUT2D eigenvalue weighted by molar-refractivity contribution is 0.419. The number of aromatic nitrogens is 1. The van der Waals surface area contributed by atoms with Gasteiger partial charge in [0.25, 0.3) is 0 Å². The first kappa shape index (κ1) is 12.1. The molecule has 0 saturated carbocycles. The first-order valence-corrected chi connectivity index (χ1v) is 6.87. The highest BCUT2D eigenvalue weighted by atomic mass is 32.1. The maximum Gasteiger partial charge on any atom is 0.146 e. The van der Waals surface area contributed by atoms with E-state index in [1.807, 2.05) is 24.3 Å². The van der Waals surface area contributed by atoms with Gasteiger partial charge in [-0.15, -0.1) is 11.3 Å². The number of rotatable bonds is 3. The summed E-state index contributed by atoms with van der Waals surface area (Å²) in [7, 11) is 1.67. The van der Waals surface area contributed by atoms with Gasteiger partial charge in [0.1, 0.15) is 16.3 Å². The van der Waals surface area contributed by atoms with E-state index in [0.29, 0.717) is 6.54 Å². The van der Waals surface area contributed by atoms with Crippen LogP contribution in [0.15, 0.2) is 42.5 Å². The molecule has 0 spiro atoms. The van der Waals surface area contributed by atoms with Gasteiger partial charge >= 0.3 is 0 Å². The Labute approximate surface area is 115 Å². The standard InChI is InChI=1S/C15H14N2OS/c1-18-12-8-7-11(10-5-3-2-4-6-10)15-14(12)17-13(9-16)19-15/h2-8H,9,16H2,1H3. The van der Waals surface area contributed by atoms with Crippen molar-refractivity contribution in [3.63, 3.8) is 0 Å². The number of thiazole rings is 1. The Morgan fingerprint density at radius 1 is 1.16 bits per heavy atom. The van der Waals surface area contributed by atoms with Gasteiger partial charge in [-0.25, -0.2) is 4.98 Å². The summed E-state index contributed by atoms with van der Waals surface area (Å²) in [6.07, 6.45) is 0. The fraction of sp³-hybridized carbons (Fsp3) is 0.133. The predicted octanol–water partition coefficient (Wildman–Crippen LogP) is 3.43. The van der Waals surface area contributed by atoms with Gasteiger partial charge in [-0.3, -0.25) is 0 Å². The van der Waals surface area contributed by atoms with Gasteiger partial charge in [0.2, 0.25) is 0 Å². The molecule has 0 amide bonds. The molecule has 96 valence electrons. The molecule has 0 atom stereocenters. The minimum Gasteiger partial charge on any atom is -0.494 e. The normalized spacial score (nSPS) is 10.8. The molecule has 1 heterocycles.